The third kappa shape index (κ3) is 28.2. The molecular weight excluding hydrogens is 1030 g/mol. The minimum atomic E-state index is -1.80. The first-order valence-electron chi connectivity index (χ1n) is 25.7. The number of primary amides is 2. The minimum Gasteiger partial charge on any atom is -0.480 e. The highest BCUT2D eigenvalue weighted by atomic mass is 32.2. The van der Waals surface area contributed by atoms with E-state index in [1.165, 1.54) is 18.7 Å². The molecule has 0 fully saturated rings. The van der Waals surface area contributed by atoms with Crippen molar-refractivity contribution in [2.45, 2.75) is 200 Å². The van der Waals surface area contributed by atoms with E-state index in [1.807, 2.05) is 33.0 Å². The summed E-state index contributed by atoms with van der Waals surface area (Å²) in [6, 6.07) is -14.4. The lowest BCUT2D eigenvalue weighted by Crippen LogP contribution is -2.61. The van der Waals surface area contributed by atoms with Gasteiger partial charge in [-0.1, -0.05) is 55.4 Å². The molecule has 0 aromatic carbocycles. The number of aliphatic hydroxyl groups excluding tert-OH is 2. The van der Waals surface area contributed by atoms with Gasteiger partial charge in [0.25, 0.3) is 0 Å². The van der Waals surface area contributed by atoms with Crippen LogP contribution in [0.2, 0.25) is 0 Å². The van der Waals surface area contributed by atoms with E-state index in [0.717, 1.165) is 13.8 Å². The first kappa shape index (κ1) is 70.9. The fourth-order valence-corrected chi connectivity index (χ4v) is 8.00. The summed E-state index contributed by atoms with van der Waals surface area (Å²) in [5.41, 5.74) is 16.9. The summed E-state index contributed by atoms with van der Waals surface area (Å²) in [6.07, 6.45) is -2.47. The highest BCUT2D eigenvalue weighted by Crippen LogP contribution is 2.13. The second kappa shape index (κ2) is 35.3. The Bertz CT molecular complexity index is 2020. The topological polar surface area (TPSA) is 452 Å². The normalized spacial score (nSPS) is 16.1. The van der Waals surface area contributed by atoms with Crippen molar-refractivity contribution in [3.05, 3.63) is 0 Å². The number of carbonyl (C=O) groups excluding carboxylic acids is 11. The number of aliphatic carboxylic acids is 1. The van der Waals surface area contributed by atoms with Crippen molar-refractivity contribution in [3.8, 4) is 0 Å². The summed E-state index contributed by atoms with van der Waals surface area (Å²) in [7, 11) is 0. The van der Waals surface area contributed by atoms with E-state index in [1.54, 1.807) is 34.0 Å². The van der Waals surface area contributed by atoms with Crippen molar-refractivity contribution in [1.29, 1.82) is 0 Å². The molecule has 27 nitrogen and oxygen atoms in total. The van der Waals surface area contributed by atoms with Gasteiger partial charge in [-0.05, 0) is 95.0 Å². The van der Waals surface area contributed by atoms with E-state index < -0.39 is 163 Å². The van der Waals surface area contributed by atoms with E-state index >= 15 is 0 Å². The monoisotopic (exact) mass is 1120 g/mol. The maximum atomic E-state index is 14.1. The second-order valence-electron chi connectivity index (χ2n) is 21.0. The van der Waals surface area contributed by atoms with Gasteiger partial charge in [-0.2, -0.15) is 11.8 Å². The largest absolute Gasteiger partial charge is 0.480 e. The Morgan fingerprint density at radius 1 is 0.416 bits per heavy atom. The van der Waals surface area contributed by atoms with Gasteiger partial charge in [-0.25, -0.2) is 4.79 Å². The van der Waals surface area contributed by atoms with Crippen LogP contribution in [0.5, 0.6) is 0 Å². The maximum Gasteiger partial charge on any atom is 0.328 e. The lowest BCUT2D eigenvalue weighted by atomic mass is 9.99. The zero-order valence-electron chi connectivity index (χ0n) is 46.5. The van der Waals surface area contributed by atoms with Gasteiger partial charge in [0.2, 0.25) is 65.0 Å². The maximum absolute atomic E-state index is 14.1. The number of carboxylic acid groups (broad SMARTS) is 1. The van der Waals surface area contributed by atoms with Crippen LogP contribution in [0.15, 0.2) is 0 Å². The molecule has 0 aromatic rings. The van der Waals surface area contributed by atoms with Crippen LogP contribution in [0, 0.1) is 23.7 Å². The highest BCUT2D eigenvalue weighted by molar-refractivity contribution is 7.98. The number of thioether (sulfide) groups is 1. The molecular formula is C49H88N12O15S. The molecule has 18 N–H and O–H groups in total. The molecule has 12 atom stereocenters. The van der Waals surface area contributed by atoms with Crippen molar-refractivity contribution >= 4 is 82.7 Å². The van der Waals surface area contributed by atoms with Gasteiger partial charge in [0.05, 0.1) is 24.7 Å². The Labute approximate surface area is 455 Å². The lowest BCUT2D eigenvalue weighted by molar-refractivity contribution is -0.146. The molecule has 0 rings (SSSR count). The van der Waals surface area contributed by atoms with Crippen molar-refractivity contribution in [2.75, 3.05) is 12.0 Å². The summed E-state index contributed by atoms with van der Waals surface area (Å²) >= 11 is 1.39. The molecule has 0 aromatic heterocycles. The van der Waals surface area contributed by atoms with Gasteiger partial charge in [0.15, 0.2) is 6.04 Å². The molecule has 0 aliphatic rings. The van der Waals surface area contributed by atoms with Crippen LogP contribution in [-0.2, 0) is 57.5 Å². The molecule has 77 heavy (non-hydrogen) atoms. The number of amides is 11. The summed E-state index contributed by atoms with van der Waals surface area (Å²) in [4.78, 5) is 158. The number of carboxylic acids is 1. The van der Waals surface area contributed by atoms with Crippen LogP contribution in [0.1, 0.15) is 128 Å². The standard InChI is InChI=1S/C49H88N12O15S/c1-22(2)17-29(50)41(67)57-32(18-23(3)4)45(71)55-31(15-16-77-12)43(69)58-33(19-24(5)6)46(72)54-30(13-14-36(51)64)42(68)59-35(21-37(52)65)44(70)53-26(9)40(66)56-34(20-25(7)8)47(73)60-38(27(10)62)48(74)61-39(28(11)63)49(75)76/h22-35,38-39,62-63H,13-21,50H2,1-12H3,(H2,51,64)(H2,52,65)(H,53,70)(H,54,72)(H,55,71)(H,56,66)(H,57,67)(H,58,69)(H,59,68)(H,60,73)(H,61,74)(H,75,76)/t26-,27+,28+,29-,30-,31-,32-,33-,34-,35-,38-,39-/m0/s1. The van der Waals surface area contributed by atoms with Crippen LogP contribution < -0.4 is 65.1 Å². The van der Waals surface area contributed by atoms with Crippen molar-refractivity contribution in [2.24, 2.45) is 40.9 Å². The molecule has 0 spiro atoms. The molecule has 28 heteroatoms. The second-order valence-corrected chi connectivity index (χ2v) is 22.0. The summed E-state index contributed by atoms with van der Waals surface area (Å²) in [6.45, 7) is 17.8. The quantitative estimate of drug-likeness (QED) is 0.0289. The SMILES string of the molecule is CSCC[C@H](NC(=O)[C@H](CC(C)C)NC(=O)[C@@H](N)CC(C)C)C(=O)N[C@@H](CC(C)C)C(=O)N[C@@H](CCC(N)=O)C(=O)N[C@@H](CC(N)=O)C(=O)N[C@@H](C)C(=O)N[C@@H](CC(C)C)C(=O)N[C@H](C(=O)N[C@H](C(=O)O)[C@@H](C)O)[C@@H](C)O. The van der Waals surface area contributed by atoms with Crippen LogP contribution in [0.4, 0.5) is 0 Å². The van der Waals surface area contributed by atoms with Gasteiger partial charge in [0.1, 0.15) is 48.3 Å². The predicted molar refractivity (Wildman–Crippen MR) is 285 cm³/mol. The smallest absolute Gasteiger partial charge is 0.328 e. The van der Waals surface area contributed by atoms with Gasteiger partial charge in [0, 0.05) is 6.42 Å². The fourth-order valence-electron chi connectivity index (χ4n) is 7.53. The highest BCUT2D eigenvalue weighted by Gasteiger charge is 2.37. The minimum absolute atomic E-state index is 0.00466. The number of hydrogen-bond acceptors (Lipinski definition) is 16. The Hall–Kier alpha value is -6.13. The van der Waals surface area contributed by atoms with Crippen LogP contribution in [0.3, 0.4) is 0 Å². The lowest BCUT2D eigenvalue weighted by Gasteiger charge is -2.28. The van der Waals surface area contributed by atoms with Crippen LogP contribution >= 0.6 is 11.8 Å². The molecule has 0 aliphatic heterocycles. The Morgan fingerprint density at radius 2 is 0.766 bits per heavy atom. The Morgan fingerprint density at radius 3 is 1.16 bits per heavy atom. The molecule has 0 bridgehead atoms. The number of aliphatic hydroxyl groups is 2. The summed E-state index contributed by atoms with van der Waals surface area (Å²) in [5.74, 6) is -11.9. The average molecular weight is 1120 g/mol. The van der Waals surface area contributed by atoms with Crippen LogP contribution in [0.25, 0.3) is 0 Å². The van der Waals surface area contributed by atoms with E-state index in [-0.39, 0.29) is 49.4 Å². The molecule has 0 unspecified atom stereocenters. The van der Waals surface area contributed by atoms with Gasteiger partial charge >= 0.3 is 5.97 Å². The molecule has 0 heterocycles. The van der Waals surface area contributed by atoms with Gasteiger partial charge in [-0.3, -0.25) is 52.7 Å². The molecule has 0 saturated heterocycles. The number of rotatable bonds is 37. The Balaban J connectivity index is 6.58. The van der Waals surface area contributed by atoms with E-state index in [2.05, 4.69) is 42.5 Å². The molecule has 11 amide bonds. The third-order valence-electron chi connectivity index (χ3n) is 11.5. The molecule has 0 aliphatic carbocycles. The first-order valence-corrected chi connectivity index (χ1v) is 27.1. The van der Waals surface area contributed by atoms with E-state index in [9.17, 15) is 72.9 Å². The number of nitrogens with one attached hydrogen (secondary N) is 9. The van der Waals surface area contributed by atoms with E-state index in [0.29, 0.717) is 12.2 Å². The molecule has 0 saturated carbocycles. The zero-order valence-corrected chi connectivity index (χ0v) is 47.3. The van der Waals surface area contributed by atoms with Gasteiger partial charge in [-0.15, -0.1) is 0 Å². The van der Waals surface area contributed by atoms with Crippen molar-refractivity contribution in [1.82, 2.24) is 47.9 Å². The third-order valence-corrected chi connectivity index (χ3v) is 12.2. The first-order chi connectivity index (χ1) is 35.6. The van der Waals surface area contributed by atoms with Crippen molar-refractivity contribution < 1.29 is 72.9 Å². The number of nitrogens with two attached hydrogens (primary N) is 3. The average Bonchev–Trinajstić information content (AvgIpc) is 3.29. The fraction of sp³-hybridized carbons (Fsp3) is 0.755. The summed E-state index contributed by atoms with van der Waals surface area (Å²) in [5, 5.41) is 51.5. The molecule has 440 valence electrons. The summed E-state index contributed by atoms with van der Waals surface area (Å²) < 4.78 is 0. The van der Waals surface area contributed by atoms with Crippen LogP contribution in [-0.4, -0.2) is 171 Å². The number of hydrogen-bond donors (Lipinski definition) is 15. The predicted octanol–water partition coefficient (Wildman–Crippen LogP) is -3.38. The van der Waals surface area contributed by atoms with Crippen molar-refractivity contribution in [3.63, 3.8) is 0 Å². The zero-order chi connectivity index (χ0) is 59.6. The van der Waals surface area contributed by atoms with Gasteiger partial charge < -0.3 is 80.4 Å². The van der Waals surface area contributed by atoms with E-state index in [4.69, 9.17) is 17.2 Å². The number of carbonyl (C=O) groups is 12. The Kier molecular flexibility index (Phi) is 32.5. The molecule has 0 radical (unpaired) electrons.